The maximum absolute atomic E-state index is 13.0. The third kappa shape index (κ3) is 2.92. The van der Waals surface area contributed by atoms with Gasteiger partial charge in [-0.05, 0) is 25.7 Å². The van der Waals surface area contributed by atoms with Gasteiger partial charge in [0.05, 0.1) is 0 Å². The van der Waals surface area contributed by atoms with E-state index in [1.807, 2.05) is 5.01 Å². The molecular weight excluding hydrogens is 210 g/mol. The van der Waals surface area contributed by atoms with E-state index in [2.05, 4.69) is 0 Å². The van der Waals surface area contributed by atoms with Crippen molar-refractivity contribution in [3.8, 4) is 0 Å². The minimum atomic E-state index is -2.44. The molecule has 0 aliphatic heterocycles. The number of alkyl halides is 2. The fraction of sp³-hybridized carbons (Fsp3) is 1.00. The van der Waals surface area contributed by atoms with Gasteiger partial charge in [-0.15, -0.1) is 0 Å². The molecule has 0 amide bonds. The third-order valence-corrected chi connectivity index (χ3v) is 4.10. The van der Waals surface area contributed by atoms with Crippen molar-refractivity contribution in [3.05, 3.63) is 0 Å². The van der Waals surface area contributed by atoms with Crippen LogP contribution in [-0.2, 0) is 0 Å². The molecule has 0 heterocycles. The fourth-order valence-electron chi connectivity index (χ4n) is 3.00. The maximum Gasteiger partial charge on any atom is 0.248 e. The molecule has 0 bridgehead atoms. The highest BCUT2D eigenvalue weighted by atomic mass is 19.3. The molecule has 0 aromatic carbocycles. The Bertz CT molecular complexity index is 217. The predicted molar refractivity (Wildman–Crippen MR) is 60.1 cm³/mol. The number of hydrogen-bond acceptors (Lipinski definition) is 2. The summed E-state index contributed by atoms with van der Waals surface area (Å²) in [5.41, 5.74) is 0. The molecule has 2 nitrogen and oxygen atoms in total. The van der Waals surface area contributed by atoms with E-state index in [0.29, 0.717) is 18.9 Å². The normalized spacial score (nSPS) is 28.5. The summed E-state index contributed by atoms with van der Waals surface area (Å²) in [6, 6.07) is 0.619. The van der Waals surface area contributed by atoms with Crippen molar-refractivity contribution in [2.45, 2.75) is 75.8 Å². The quantitative estimate of drug-likeness (QED) is 0.585. The van der Waals surface area contributed by atoms with Crippen molar-refractivity contribution in [3.63, 3.8) is 0 Å². The molecule has 0 aromatic heterocycles. The van der Waals surface area contributed by atoms with E-state index in [4.69, 9.17) is 5.84 Å². The Kier molecular flexibility index (Phi) is 3.80. The molecule has 0 unspecified atom stereocenters. The van der Waals surface area contributed by atoms with Gasteiger partial charge in [-0.25, -0.2) is 13.8 Å². The lowest BCUT2D eigenvalue weighted by molar-refractivity contribution is -0.0607. The molecule has 2 N–H and O–H groups in total. The van der Waals surface area contributed by atoms with Crippen LogP contribution in [0.4, 0.5) is 8.78 Å². The van der Waals surface area contributed by atoms with Crippen LogP contribution in [-0.4, -0.2) is 23.0 Å². The van der Waals surface area contributed by atoms with Crippen LogP contribution in [0.1, 0.15) is 57.8 Å². The molecule has 0 spiro atoms. The first-order valence-electron chi connectivity index (χ1n) is 6.49. The largest absolute Gasteiger partial charge is 0.268 e. The summed E-state index contributed by atoms with van der Waals surface area (Å²) in [5, 5.41) is 1.90. The van der Waals surface area contributed by atoms with Crippen molar-refractivity contribution >= 4 is 0 Å². The fourth-order valence-corrected chi connectivity index (χ4v) is 3.00. The molecule has 2 aliphatic carbocycles. The van der Waals surface area contributed by atoms with Crippen LogP contribution < -0.4 is 5.84 Å². The lowest BCUT2D eigenvalue weighted by atomic mass is 9.88. The molecular formula is C12H22F2N2. The van der Waals surface area contributed by atoms with Crippen LogP contribution in [0.3, 0.4) is 0 Å². The van der Waals surface area contributed by atoms with Gasteiger partial charge in [-0.3, -0.25) is 5.84 Å². The Morgan fingerprint density at radius 1 is 0.875 bits per heavy atom. The van der Waals surface area contributed by atoms with E-state index >= 15 is 0 Å². The van der Waals surface area contributed by atoms with Crippen LogP contribution in [0, 0.1) is 0 Å². The van der Waals surface area contributed by atoms with Gasteiger partial charge >= 0.3 is 0 Å². The van der Waals surface area contributed by atoms with Gasteiger partial charge < -0.3 is 0 Å². The molecule has 2 fully saturated rings. The Morgan fingerprint density at radius 2 is 1.38 bits per heavy atom. The van der Waals surface area contributed by atoms with Crippen molar-refractivity contribution in [1.29, 1.82) is 0 Å². The van der Waals surface area contributed by atoms with Crippen molar-refractivity contribution < 1.29 is 8.78 Å². The summed E-state index contributed by atoms with van der Waals surface area (Å²) in [7, 11) is 0. The van der Waals surface area contributed by atoms with Crippen LogP contribution in [0.2, 0.25) is 0 Å². The second-order valence-electron chi connectivity index (χ2n) is 5.33. The number of hydrazine groups is 1. The second kappa shape index (κ2) is 4.96. The number of nitrogens with zero attached hydrogens (tertiary/aromatic N) is 1. The zero-order chi connectivity index (χ0) is 11.6. The Balaban J connectivity index is 1.83. The number of rotatable bonds is 2. The van der Waals surface area contributed by atoms with Crippen molar-refractivity contribution in [2.75, 3.05) is 0 Å². The smallest absolute Gasteiger partial charge is 0.248 e. The highest BCUT2D eigenvalue weighted by Gasteiger charge is 2.37. The predicted octanol–water partition coefficient (Wildman–Crippen LogP) is 3.07. The highest BCUT2D eigenvalue weighted by molar-refractivity contribution is 4.85. The standard InChI is InChI=1S/C12H22F2N2/c13-12(14)8-6-11(7-9-12)16(15)10-4-2-1-3-5-10/h10-11H,1-9,15H2. The van der Waals surface area contributed by atoms with Crippen LogP contribution in [0.15, 0.2) is 0 Å². The van der Waals surface area contributed by atoms with E-state index in [1.165, 1.54) is 19.3 Å². The summed E-state index contributed by atoms with van der Waals surface area (Å²) in [6.45, 7) is 0. The lowest BCUT2D eigenvalue weighted by Crippen LogP contribution is -2.51. The SMILES string of the molecule is NN(C1CCCCC1)C1CCC(F)(F)CC1. The zero-order valence-corrected chi connectivity index (χ0v) is 9.80. The van der Waals surface area contributed by atoms with Gasteiger partial charge in [0.1, 0.15) is 0 Å². The summed E-state index contributed by atoms with van der Waals surface area (Å²) < 4.78 is 26.0. The van der Waals surface area contributed by atoms with Crippen LogP contribution >= 0.6 is 0 Å². The molecule has 0 aromatic rings. The van der Waals surface area contributed by atoms with Crippen molar-refractivity contribution in [1.82, 2.24) is 5.01 Å². The van der Waals surface area contributed by atoms with Gasteiger partial charge in [-0.1, -0.05) is 19.3 Å². The topological polar surface area (TPSA) is 29.3 Å². The van der Waals surface area contributed by atoms with Crippen LogP contribution in [0.25, 0.3) is 0 Å². The summed E-state index contributed by atoms with van der Waals surface area (Å²) in [5.74, 6) is 3.66. The molecule has 0 saturated heterocycles. The summed E-state index contributed by atoms with van der Waals surface area (Å²) in [6.07, 6.45) is 7.19. The first-order chi connectivity index (χ1) is 7.58. The molecule has 0 radical (unpaired) electrons. The van der Waals surface area contributed by atoms with E-state index in [9.17, 15) is 8.78 Å². The second-order valence-corrected chi connectivity index (χ2v) is 5.33. The number of halogens is 2. The van der Waals surface area contributed by atoms with Crippen molar-refractivity contribution in [2.24, 2.45) is 5.84 Å². The van der Waals surface area contributed by atoms with E-state index in [1.54, 1.807) is 0 Å². The minimum Gasteiger partial charge on any atom is -0.268 e. The average molecular weight is 232 g/mol. The van der Waals surface area contributed by atoms with Gasteiger partial charge in [0.25, 0.3) is 0 Å². The Hall–Kier alpha value is -0.220. The van der Waals surface area contributed by atoms with Gasteiger partial charge in [-0.2, -0.15) is 0 Å². The number of hydrogen-bond donors (Lipinski definition) is 1. The first kappa shape index (κ1) is 12.2. The number of nitrogens with two attached hydrogens (primary N) is 1. The van der Waals surface area contributed by atoms with Gasteiger partial charge in [0.15, 0.2) is 0 Å². The first-order valence-corrected chi connectivity index (χ1v) is 6.49. The summed E-state index contributed by atoms with van der Waals surface area (Å²) in [4.78, 5) is 0. The van der Waals surface area contributed by atoms with E-state index in [-0.39, 0.29) is 18.9 Å². The highest BCUT2D eigenvalue weighted by Crippen LogP contribution is 2.36. The lowest BCUT2D eigenvalue weighted by Gasteiger charge is -2.39. The monoisotopic (exact) mass is 232 g/mol. The minimum absolute atomic E-state index is 0.0120. The third-order valence-electron chi connectivity index (χ3n) is 4.10. The van der Waals surface area contributed by atoms with Gasteiger partial charge in [0, 0.05) is 24.9 Å². The van der Waals surface area contributed by atoms with E-state index < -0.39 is 5.92 Å². The molecule has 0 atom stereocenters. The molecule has 16 heavy (non-hydrogen) atoms. The zero-order valence-electron chi connectivity index (χ0n) is 9.80. The van der Waals surface area contributed by atoms with Gasteiger partial charge in [0.2, 0.25) is 5.92 Å². The van der Waals surface area contributed by atoms with E-state index in [0.717, 1.165) is 12.8 Å². The average Bonchev–Trinajstić information content (AvgIpc) is 2.29. The Morgan fingerprint density at radius 3 is 1.94 bits per heavy atom. The molecule has 2 rings (SSSR count). The molecule has 94 valence electrons. The molecule has 2 aliphatic rings. The van der Waals surface area contributed by atoms with Crippen LogP contribution in [0.5, 0.6) is 0 Å². The molecule has 4 heteroatoms. The molecule has 2 saturated carbocycles. The summed E-state index contributed by atoms with van der Waals surface area (Å²) >= 11 is 0. The Labute approximate surface area is 96.1 Å². The maximum atomic E-state index is 13.0.